The molecule has 0 spiro atoms. The molecule has 4 aromatic rings. The van der Waals surface area contributed by atoms with Crippen LogP contribution in [0.4, 0.5) is 0 Å². The number of thiophene rings is 1. The minimum atomic E-state index is -0.493. The van der Waals surface area contributed by atoms with Crippen molar-refractivity contribution in [2.24, 2.45) is 11.7 Å². The zero-order chi connectivity index (χ0) is 20.9. The summed E-state index contributed by atoms with van der Waals surface area (Å²) in [5.41, 5.74) is 9.32. The topological polar surface area (TPSA) is 65.1 Å². The van der Waals surface area contributed by atoms with Crippen molar-refractivity contribution in [1.82, 2.24) is 4.57 Å². The number of nitrogens with two attached hydrogens (primary N) is 1. The Morgan fingerprint density at radius 1 is 1.14 bits per heavy atom. The minimum absolute atomic E-state index is 0.0827. The van der Waals surface area contributed by atoms with E-state index in [0.717, 1.165) is 36.6 Å². The molecule has 4 rings (SSSR count). The number of hydrogen-bond acceptors (Lipinski definition) is 3. The van der Waals surface area contributed by atoms with E-state index in [1.165, 1.54) is 0 Å². The van der Waals surface area contributed by atoms with E-state index < -0.39 is 5.91 Å². The van der Waals surface area contributed by atoms with E-state index in [1.807, 2.05) is 39.0 Å². The number of ketones is 1. The molecule has 0 bridgehead atoms. The standard InChI is InChI=1S/C23H21ClN2O2S/c1-12(2)21(27)20-13(3)26(18-10-14(23(25)28)8-9-16(18)20)11-17-15-6-4-5-7-19(15)29-22(17)24/h4-10,12H,11H2,1-3H3,(H2,25,28). The van der Waals surface area contributed by atoms with E-state index in [0.29, 0.717) is 17.7 Å². The van der Waals surface area contributed by atoms with Gasteiger partial charge in [-0.15, -0.1) is 11.3 Å². The van der Waals surface area contributed by atoms with E-state index in [2.05, 4.69) is 16.7 Å². The Kier molecular flexibility index (Phi) is 4.97. The van der Waals surface area contributed by atoms with Gasteiger partial charge in [0.25, 0.3) is 0 Å². The van der Waals surface area contributed by atoms with E-state index in [1.54, 1.807) is 23.5 Å². The molecule has 0 unspecified atom stereocenters. The van der Waals surface area contributed by atoms with Gasteiger partial charge in [0.1, 0.15) is 0 Å². The molecule has 2 heterocycles. The number of Topliss-reactive ketones (excluding diaryl/α,β-unsaturated/α-hetero) is 1. The summed E-state index contributed by atoms with van der Waals surface area (Å²) in [4.78, 5) is 24.7. The monoisotopic (exact) mass is 424 g/mol. The van der Waals surface area contributed by atoms with Gasteiger partial charge in [0, 0.05) is 38.4 Å². The minimum Gasteiger partial charge on any atom is -0.366 e. The molecule has 0 radical (unpaired) electrons. The Morgan fingerprint density at radius 3 is 2.55 bits per heavy atom. The second-order valence-electron chi connectivity index (χ2n) is 7.51. The highest BCUT2D eigenvalue weighted by molar-refractivity contribution is 7.22. The Balaban J connectivity index is 1.98. The lowest BCUT2D eigenvalue weighted by Crippen LogP contribution is -2.11. The van der Waals surface area contributed by atoms with Crippen molar-refractivity contribution in [3.63, 3.8) is 0 Å². The molecular weight excluding hydrogens is 404 g/mol. The summed E-state index contributed by atoms with van der Waals surface area (Å²) in [5.74, 6) is -0.540. The molecule has 4 nitrogen and oxygen atoms in total. The van der Waals surface area contributed by atoms with Crippen LogP contribution in [0.1, 0.15) is 45.8 Å². The highest BCUT2D eigenvalue weighted by Crippen LogP contribution is 2.37. The smallest absolute Gasteiger partial charge is 0.248 e. The van der Waals surface area contributed by atoms with Crippen molar-refractivity contribution in [2.45, 2.75) is 27.3 Å². The van der Waals surface area contributed by atoms with Gasteiger partial charge in [-0.05, 0) is 30.5 Å². The van der Waals surface area contributed by atoms with Crippen LogP contribution in [0.15, 0.2) is 42.5 Å². The molecule has 2 aromatic heterocycles. The Hall–Kier alpha value is -2.63. The first kappa shape index (κ1) is 19.7. The van der Waals surface area contributed by atoms with Crippen molar-refractivity contribution in [3.05, 3.63) is 69.2 Å². The van der Waals surface area contributed by atoms with Crippen LogP contribution < -0.4 is 5.73 Å². The molecule has 0 aliphatic heterocycles. The lowest BCUT2D eigenvalue weighted by molar-refractivity contribution is 0.0939. The number of aromatic nitrogens is 1. The number of benzene rings is 2. The van der Waals surface area contributed by atoms with Crippen molar-refractivity contribution < 1.29 is 9.59 Å². The molecule has 29 heavy (non-hydrogen) atoms. The van der Waals surface area contributed by atoms with Gasteiger partial charge in [-0.1, -0.05) is 49.7 Å². The van der Waals surface area contributed by atoms with Gasteiger partial charge in [-0.2, -0.15) is 0 Å². The second kappa shape index (κ2) is 7.32. The third kappa shape index (κ3) is 3.24. The lowest BCUT2D eigenvalue weighted by atomic mass is 9.98. The third-order valence-electron chi connectivity index (χ3n) is 5.35. The average Bonchev–Trinajstić information content (AvgIpc) is 3.15. The normalized spacial score (nSPS) is 11.6. The number of carbonyl (C=O) groups is 2. The molecular formula is C23H21ClN2O2S. The SMILES string of the molecule is Cc1c(C(=O)C(C)C)c2ccc(C(N)=O)cc2n1Cc1c(Cl)sc2ccccc12. The molecule has 2 N–H and O–H groups in total. The largest absolute Gasteiger partial charge is 0.366 e. The molecule has 0 aliphatic carbocycles. The maximum absolute atomic E-state index is 13.0. The Bertz CT molecular complexity index is 1280. The summed E-state index contributed by atoms with van der Waals surface area (Å²) in [6, 6.07) is 13.4. The predicted molar refractivity (Wildman–Crippen MR) is 120 cm³/mol. The highest BCUT2D eigenvalue weighted by Gasteiger charge is 2.23. The first-order valence-corrected chi connectivity index (χ1v) is 10.6. The maximum atomic E-state index is 13.0. The van der Waals surface area contributed by atoms with Gasteiger partial charge in [-0.3, -0.25) is 9.59 Å². The summed E-state index contributed by atoms with van der Waals surface area (Å²) in [7, 11) is 0. The van der Waals surface area contributed by atoms with E-state index in [4.69, 9.17) is 17.3 Å². The maximum Gasteiger partial charge on any atom is 0.248 e. The predicted octanol–water partition coefficient (Wildman–Crippen LogP) is 5.80. The fourth-order valence-electron chi connectivity index (χ4n) is 3.81. The number of rotatable bonds is 5. The van der Waals surface area contributed by atoms with Crippen molar-refractivity contribution in [2.75, 3.05) is 0 Å². The Labute approximate surface area is 177 Å². The molecule has 0 fully saturated rings. The molecule has 148 valence electrons. The van der Waals surface area contributed by atoms with Crippen molar-refractivity contribution in [1.29, 1.82) is 0 Å². The molecule has 0 atom stereocenters. The molecule has 1 amide bonds. The quantitative estimate of drug-likeness (QED) is 0.411. The Morgan fingerprint density at radius 2 is 1.86 bits per heavy atom. The number of hydrogen-bond donors (Lipinski definition) is 1. The van der Waals surface area contributed by atoms with Crippen LogP contribution in [0, 0.1) is 12.8 Å². The van der Waals surface area contributed by atoms with Gasteiger partial charge in [0.15, 0.2) is 5.78 Å². The highest BCUT2D eigenvalue weighted by atomic mass is 35.5. The summed E-state index contributed by atoms with van der Waals surface area (Å²) < 4.78 is 3.92. The number of halogens is 1. The number of carbonyl (C=O) groups excluding carboxylic acids is 2. The first-order valence-electron chi connectivity index (χ1n) is 9.42. The van der Waals surface area contributed by atoms with E-state index >= 15 is 0 Å². The molecule has 6 heteroatoms. The number of fused-ring (bicyclic) bond motifs is 2. The molecule has 0 saturated heterocycles. The van der Waals surface area contributed by atoms with Crippen LogP contribution in [0.3, 0.4) is 0 Å². The van der Waals surface area contributed by atoms with Crippen molar-refractivity contribution in [3.8, 4) is 0 Å². The van der Waals surface area contributed by atoms with Gasteiger partial charge in [0.2, 0.25) is 5.91 Å². The fraction of sp³-hybridized carbons (Fsp3) is 0.217. The summed E-state index contributed by atoms with van der Waals surface area (Å²) in [6.07, 6.45) is 0. The summed E-state index contributed by atoms with van der Waals surface area (Å²) >= 11 is 8.13. The molecule has 0 aliphatic rings. The lowest BCUT2D eigenvalue weighted by Gasteiger charge is -2.10. The third-order valence-corrected chi connectivity index (χ3v) is 6.81. The van der Waals surface area contributed by atoms with Gasteiger partial charge in [-0.25, -0.2) is 0 Å². The van der Waals surface area contributed by atoms with Gasteiger partial charge < -0.3 is 10.3 Å². The van der Waals surface area contributed by atoms with Crippen LogP contribution >= 0.6 is 22.9 Å². The van der Waals surface area contributed by atoms with Gasteiger partial charge in [0.05, 0.1) is 16.4 Å². The average molecular weight is 425 g/mol. The number of primary amides is 1. The van der Waals surface area contributed by atoms with E-state index in [-0.39, 0.29) is 11.7 Å². The first-order chi connectivity index (χ1) is 13.8. The number of amides is 1. The van der Waals surface area contributed by atoms with Crippen LogP contribution in [0.25, 0.3) is 21.0 Å². The van der Waals surface area contributed by atoms with Crippen LogP contribution in [0.5, 0.6) is 0 Å². The summed E-state index contributed by atoms with van der Waals surface area (Å²) in [6.45, 7) is 6.25. The molecule has 2 aromatic carbocycles. The second-order valence-corrected chi connectivity index (χ2v) is 9.17. The van der Waals surface area contributed by atoms with Crippen molar-refractivity contribution >= 4 is 55.6 Å². The van der Waals surface area contributed by atoms with E-state index in [9.17, 15) is 9.59 Å². The number of nitrogens with zero attached hydrogens (tertiary/aromatic N) is 1. The van der Waals surface area contributed by atoms with Crippen LogP contribution in [0.2, 0.25) is 4.34 Å². The van der Waals surface area contributed by atoms with Crippen LogP contribution in [-0.2, 0) is 6.54 Å². The van der Waals surface area contributed by atoms with Crippen LogP contribution in [-0.4, -0.2) is 16.3 Å². The zero-order valence-electron chi connectivity index (χ0n) is 16.5. The zero-order valence-corrected chi connectivity index (χ0v) is 18.0. The summed E-state index contributed by atoms with van der Waals surface area (Å²) in [5, 5.41) is 1.94. The molecule has 0 saturated carbocycles. The van der Waals surface area contributed by atoms with Gasteiger partial charge >= 0.3 is 0 Å². The fourth-order valence-corrected chi connectivity index (χ4v) is 5.16.